The number of hydrogen-bond donors (Lipinski definition) is 1. The maximum absolute atomic E-state index is 12.8. The predicted octanol–water partition coefficient (Wildman–Crippen LogP) is 1.61. The number of rotatable bonds is 5. The minimum Gasteiger partial charge on any atom is -0.497 e. The van der Waals surface area contributed by atoms with Crippen molar-refractivity contribution in [3.63, 3.8) is 0 Å². The molecule has 2 atom stereocenters. The number of nitrogens with zero attached hydrogens (tertiary/aromatic N) is 2. The topological polar surface area (TPSA) is 61.9 Å². The first-order valence-electron chi connectivity index (χ1n) is 9.48. The van der Waals surface area contributed by atoms with E-state index in [1.807, 2.05) is 29.2 Å². The monoisotopic (exact) mass is 359 g/mol. The molecule has 0 aromatic heterocycles. The maximum atomic E-state index is 12.8. The minimum atomic E-state index is -0.0566. The van der Waals surface area contributed by atoms with Gasteiger partial charge in [0.25, 0.3) is 0 Å². The fourth-order valence-electron chi connectivity index (χ4n) is 4.01. The van der Waals surface area contributed by atoms with E-state index >= 15 is 0 Å². The van der Waals surface area contributed by atoms with Gasteiger partial charge in [0.15, 0.2) is 0 Å². The quantitative estimate of drug-likeness (QED) is 0.868. The molecule has 2 aliphatic heterocycles. The summed E-state index contributed by atoms with van der Waals surface area (Å²) in [6.07, 6.45) is 3.62. The number of likely N-dealkylation sites (tertiary alicyclic amines) is 2. The van der Waals surface area contributed by atoms with Crippen molar-refractivity contribution in [1.82, 2.24) is 15.1 Å². The van der Waals surface area contributed by atoms with E-state index in [2.05, 4.69) is 10.2 Å². The lowest BCUT2D eigenvalue weighted by molar-refractivity contribution is -0.132. The van der Waals surface area contributed by atoms with E-state index in [0.717, 1.165) is 24.4 Å². The number of carbonyl (C=O) groups excluding carboxylic acids is 2. The molecule has 142 valence electrons. The average molecular weight is 359 g/mol. The molecule has 26 heavy (non-hydrogen) atoms. The second-order valence-corrected chi connectivity index (χ2v) is 7.32. The van der Waals surface area contributed by atoms with Crippen LogP contribution in [-0.2, 0) is 9.59 Å². The Kier molecular flexibility index (Phi) is 6.14. The molecule has 2 amide bonds. The van der Waals surface area contributed by atoms with E-state index in [1.165, 1.54) is 26.2 Å². The van der Waals surface area contributed by atoms with E-state index in [9.17, 15) is 9.59 Å². The van der Waals surface area contributed by atoms with Gasteiger partial charge < -0.3 is 15.0 Å². The van der Waals surface area contributed by atoms with Gasteiger partial charge in [-0.2, -0.15) is 0 Å². The van der Waals surface area contributed by atoms with Crippen molar-refractivity contribution in [2.24, 2.45) is 0 Å². The summed E-state index contributed by atoms with van der Waals surface area (Å²) in [6.45, 7) is 5.26. The Morgan fingerprint density at radius 1 is 1.12 bits per heavy atom. The molecule has 2 fully saturated rings. The number of hydrogen-bond acceptors (Lipinski definition) is 4. The van der Waals surface area contributed by atoms with Crippen LogP contribution in [0, 0.1) is 0 Å². The molecule has 1 aromatic carbocycles. The van der Waals surface area contributed by atoms with E-state index < -0.39 is 0 Å². The zero-order chi connectivity index (χ0) is 18.5. The van der Waals surface area contributed by atoms with Crippen LogP contribution in [-0.4, -0.2) is 67.5 Å². The molecule has 2 saturated heterocycles. The lowest BCUT2D eigenvalue weighted by atomic mass is 9.94. The summed E-state index contributed by atoms with van der Waals surface area (Å²) in [7, 11) is 1.64. The van der Waals surface area contributed by atoms with Gasteiger partial charge in [-0.05, 0) is 43.6 Å². The predicted molar refractivity (Wildman–Crippen MR) is 100 cm³/mol. The third-order valence-corrected chi connectivity index (χ3v) is 5.41. The van der Waals surface area contributed by atoms with Crippen LogP contribution in [0.15, 0.2) is 24.3 Å². The van der Waals surface area contributed by atoms with Gasteiger partial charge in [0.2, 0.25) is 11.8 Å². The molecule has 0 aliphatic carbocycles. The maximum Gasteiger partial charge on any atom is 0.236 e. The molecule has 1 N–H and O–H groups in total. The van der Waals surface area contributed by atoms with Crippen LogP contribution in [0.5, 0.6) is 5.75 Å². The molecule has 6 heteroatoms. The molecule has 0 unspecified atom stereocenters. The molecule has 3 rings (SSSR count). The average Bonchev–Trinajstić information content (AvgIpc) is 3.06. The first-order chi connectivity index (χ1) is 12.6. The highest BCUT2D eigenvalue weighted by molar-refractivity contribution is 5.79. The lowest BCUT2D eigenvalue weighted by Crippen LogP contribution is -2.43. The van der Waals surface area contributed by atoms with Gasteiger partial charge in [-0.15, -0.1) is 0 Å². The van der Waals surface area contributed by atoms with Crippen LogP contribution in [0.3, 0.4) is 0 Å². The summed E-state index contributed by atoms with van der Waals surface area (Å²) in [6, 6.07) is 7.86. The molecule has 2 aliphatic rings. The number of ether oxygens (including phenoxy) is 1. The third kappa shape index (κ3) is 4.55. The van der Waals surface area contributed by atoms with Crippen molar-refractivity contribution >= 4 is 11.8 Å². The summed E-state index contributed by atoms with van der Waals surface area (Å²) in [5, 5.41) is 3.03. The molecular formula is C20H29N3O3. The van der Waals surface area contributed by atoms with Crippen molar-refractivity contribution in [3.8, 4) is 5.75 Å². The Morgan fingerprint density at radius 2 is 1.81 bits per heavy atom. The summed E-state index contributed by atoms with van der Waals surface area (Å²) in [5.41, 5.74) is 1.12. The van der Waals surface area contributed by atoms with E-state index in [0.29, 0.717) is 19.6 Å². The zero-order valence-corrected chi connectivity index (χ0v) is 15.7. The molecular weight excluding hydrogens is 330 g/mol. The summed E-state index contributed by atoms with van der Waals surface area (Å²) < 4.78 is 5.23. The van der Waals surface area contributed by atoms with Gasteiger partial charge in [-0.1, -0.05) is 18.6 Å². The Hall–Kier alpha value is -2.08. The molecule has 6 nitrogen and oxygen atoms in total. The second kappa shape index (κ2) is 8.54. The van der Waals surface area contributed by atoms with E-state index in [1.54, 1.807) is 7.11 Å². The number of methoxy groups -OCH3 is 1. The number of benzene rings is 1. The summed E-state index contributed by atoms with van der Waals surface area (Å²) in [4.78, 5) is 28.6. The molecule has 0 bridgehead atoms. The molecule has 0 spiro atoms. The van der Waals surface area contributed by atoms with Crippen LogP contribution in [0.4, 0.5) is 0 Å². The van der Waals surface area contributed by atoms with Crippen molar-refractivity contribution in [2.75, 3.05) is 39.8 Å². The van der Waals surface area contributed by atoms with Crippen molar-refractivity contribution in [3.05, 3.63) is 29.8 Å². The van der Waals surface area contributed by atoms with Crippen molar-refractivity contribution < 1.29 is 14.3 Å². The fraction of sp³-hybridized carbons (Fsp3) is 0.600. The third-order valence-electron chi connectivity index (χ3n) is 5.41. The van der Waals surface area contributed by atoms with Gasteiger partial charge >= 0.3 is 0 Å². The zero-order valence-electron chi connectivity index (χ0n) is 15.7. The van der Waals surface area contributed by atoms with Crippen LogP contribution in [0.25, 0.3) is 0 Å². The highest BCUT2D eigenvalue weighted by Crippen LogP contribution is 2.29. The van der Waals surface area contributed by atoms with Crippen LogP contribution in [0.2, 0.25) is 0 Å². The minimum absolute atomic E-state index is 0.0498. The van der Waals surface area contributed by atoms with Gasteiger partial charge in [-0.25, -0.2) is 0 Å². The molecule has 0 radical (unpaired) electrons. The lowest BCUT2D eigenvalue weighted by Gasteiger charge is -2.28. The fourth-order valence-corrected chi connectivity index (χ4v) is 4.01. The van der Waals surface area contributed by atoms with Crippen LogP contribution in [0.1, 0.15) is 37.7 Å². The van der Waals surface area contributed by atoms with Gasteiger partial charge in [0.05, 0.1) is 19.7 Å². The number of amides is 2. The van der Waals surface area contributed by atoms with Gasteiger partial charge in [-0.3, -0.25) is 14.5 Å². The number of carbonyl (C=O) groups is 2. The highest BCUT2D eigenvalue weighted by atomic mass is 16.5. The standard InChI is InChI=1S/C20H29N3O3/c1-15(24)21-19-13-23(20(25)14-22-10-4-3-5-11-22)12-18(19)16-6-8-17(26-2)9-7-16/h6-9,18-19H,3-5,10-14H2,1-2H3,(H,21,24)/t18-,19+/m1/s1. The number of piperidine rings is 1. The Labute approximate surface area is 155 Å². The first kappa shape index (κ1) is 18.7. The Bertz CT molecular complexity index is 626. The first-order valence-corrected chi connectivity index (χ1v) is 9.48. The summed E-state index contributed by atoms with van der Waals surface area (Å²) >= 11 is 0. The van der Waals surface area contributed by atoms with Crippen LogP contribution < -0.4 is 10.1 Å². The van der Waals surface area contributed by atoms with Crippen LogP contribution >= 0.6 is 0 Å². The van der Waals surface area contributed by atoms with Gasteiger partial charge in [0, 0.05) is 25.9 Å². The summed E-state index contributed by atoms with van der Waals surface area (Å²) in [5.74, 6) is 1.02. The van der Waals surface area contributed by atoms with E-state index in [4.69, 9.17) is 4.74 Å². The molecule has 0 saturated carbocycles. The van der Waals surface area contributed by atoms with Gasteiger partial charge in [0.1, 0.15) is 5.75 Å². The van der Waals surface area contributed by atoms with Crippen molar-refractivity contribution in [2.45, 2.75) is 38.1 Å². The Morgan fingerprint density at radius 3 is 2.42 bits per heavy atom. The SMILES string of the molecule is COc1ccc([C@H]2CN(C(=O)CN3CCCCC3)C[C@@H]2NC(C)=O)cc1. The van der Waals surface area contributed by atoms with E-state index in [-0.39, 0.29) is 23.8 Å². The highest BCUT2D eigenvalue weighted by Gasteiger charge is 2.37. The normalized spacial score (nSPS) is 23.7. The largest absolute Gasteiger partial charge is 0.497 e. The Balaban J connectivity index is 1.68. The smallest absolute Gasteiger partial charge is 0.236 e. The molecule has 2 heterocycles. The number of nitrogens with one attached hydrogen (secondary N) is 1. The second-order valence-electron chi connectivity index (χ2n) is 7.32. The molecule has 1 aromatic rings. The van der Waals surface area contributed by atoms with Crippen molar-refractivity contribution in [1.29, 1.82) is 0 Å².